The minimum Gasteiger partial charge on any atom is -0.316 e. The lowest BCUT2D eigenvalue weighted by Gasteiger charge is -2.30. The molecular formula is C14H18BrN. The van der Waals surface area contributed by atoms with Gasteiger partial charge in [0.1, 0.15) is 0 Å². The quantitative estimate of drug-likeness (QED) is 0.827. The van der Waals surface area contributed by atoms with Crippen LogP contribution < -0.4 is 5.32 Å². The van der Waals surface area contributed by atoms with E-state index in [4.69, 9.17) is 0 Å². The molecule has 1 saturated carbocycles. The molecule has 0 radical (unpaired) electrons. The molecule has 1 saturated heterocycles. The van der Waals surface area contributed by atoms with Crippen molar-refractivity contribution in [3.8, 4) is 0 Å². The molecule has 0 amide bonds. The highest BCUT2D eigenvalue weighted by molar-refractivity contribution is 9.10. The smallest absolute Gasteiger partial charge is 0.0175 e. The molecule has 16 heavy (non-hydrogen) atoms. The molecule has 0 bridgehead atoms. The first-order chi connectivity index (χ1) is 7.80. The zero-order valence-corrected chi connectivity index (χ0v) is 11.1. The van der Waals surface area contributed by atoms with E-state index in [1.165, 1.54) is 48.8 Å². The third-order valence-electron chi connectivity index (χ3n) is 4.44. The monoisotopic (exact) mass is 279 g/mol. The number of halogens is 1. The van der Waals surface area contributed by atoms with Gasteiger partial charge in [0.05, 0.1) is 0 Å². The maximum absolute atomic E-state index is 3.61. The largest absolute Gasteiger partial charge is 0.316 e. The highest BCUT2D eigenvalue weighted by atomic mass is 79.9. The maximum atomic E-state index is 3.61. The van der Waals surface area contributed by atoms with Crippen LogP contribution in [0, 0.1) is 5.41 Å². The third kappa shape index (κ3) is 1.72. The Hall–Kier alpha value is -0.340. The van der Waals surface area contributed by atoms with Gasteiger partial charge in [-0.1, -0.05) is 40.9 Å². The Morgan fingerprint density at radius 2 is 1.81 bits per heavy atom. The zero-order chi connectivity index (χ0) is 11.0. The van der Waals surface area contributed by atoms with E-state index in [1.54, 1.807) is 0 Å². The number of rotatable bonds is 1. The lowest BCUT2D eigenvalue weighted by Crippen LogP contribution is -2.25. The Bertz CT molecular complexity index is 359. The molecular weight excluding hydrogens is 262 g/mol. The van der Waals surface area contributed by atoms with Crippen LogP contribution >= 0.6 is 15.9 Å². The molecule has 1 spiro atoms. The highest BCUT2D eigenvalue weighted by Gasteiger charge is 2.44. The first-order valence-corrected chi connectivity index (χ1v) is 7.06. The third-order valence-corrected chi connectivity index (χ3v) is 4.97. The van der Waals surface area contributed by atoms with Crippen molar-refractivity contribution in [2.45, 2.75) is 31.6 Å². The lowest BCUT2D eigenvalue weighted by atomic mass is 9.73. The molecule has 2 heteroatoms. The Morgan fingerprint density at radius 1 is 1.12 bits per heavy atom. The molecule has 1 unspecified atom stereocenters. The summed E-state index contributed by atoms with van der Waals surface area (Å²) in [5, 5.41) is 3.61. The van der Waals surface area contributed by atoms with Gasteiger partial charge in [-0.05, 0) is 36.0 Å². The van der Waals surface area contributed by atoms with Gasteiger partial charge in [-0.15, -0.1) is 0 Å². The summed E-state index contributed by atoms with van der Waals surface area (Å²) in [6.07, 6.45) is 5.69. The lowest BCUT2D eigenvalue weighted by molar-refractivity contribution is 0.295. The second kappa shape index (κ2) is 4.15. The summed E-state index contributed by atoms with van der Waals surface area (Å²) in [6, 6.07) is 8.94. The fourth-order valence-electron chi connectivity index (χ4n) is 3.58. The predicted octanol–water partition coefficient (Wildman–Crippen LogP) is 3.70. The van der Waals surface area contributed by atoms with Gasteiger partial charge in [0.2, 0.25) is 0 Å². The SMILES string of the molecule is Brc1ccc(C2CNCC23CCCC3)cc1. The standard InChI is InChI=1S/C14H18BrN/c15-12-5-3-11(4-6-12)13-9-16-10-14(13)7-1-2-8-14/h3-6,13,16H,1-2,7-10H2. The van der Waals surface area contributed by atoms with E-state index in [9.17, 15) is 0 Å². The Balaban J connectivity index is 1.91. The van der Waals surface area contributed by atoms with Crippen molar-refractivity contribution in [2.24, 2.45) is 5.41 Å². The number of benzene rings is 1. The molecule has 1 N–H and O–H groups in total. The first-order valence-electron chi connectivity index (χ1n) is 6.26. The predicted molar refractivity (Wildman–Crippen MR) is 70.7 cm³/mol. The van der Waals surface area contributed by atoms with Crippen LogP contribution in [0.1, 0.15) is 37.2 Å². The average molecular weight is 280 g/mol. The Morgan fingerprint density at radius 3 is 2.50 bits per heavy atom. The summed E-state index contributed by atoms with van der Waals surface area (Å²) < 4.78 is 1.18. The van der Waals surface area contributed by atoms with Gasteiger partial charge in [-0.3, -0.25) is 0 Å². The van der Waals surface area contributed by atoms with Crippen molar-refractivity contribution in [1.29, 1.82) is 0 Å². The van der Waals surface area contributed by atoms with E-state index in [2.05, 4.69) is 45.5 Å². The van der Waals surface area contributed by atoms with E-state index in [0.717, 1.165) is 5.92 Å². The molecule has 1 aliphatic heterocycles. The molecule has 1 nitrogen and oxygen atoms in total. The van der Waals surface area contributed by atoms with E-state index >= 15 is 0 Å². The maximum Gasteiger partial charge on any atom is 0.0175 e. The van der Waals surface area contributed by atoms with Gasteiger partial charge in [-0.2, -0.15) is 0 Å². The van der Waals surface area contributed by atoms with E-state index in [0.29, 0.717) is 5.41 Å². The van der Waals surface area contributed by atoms with Crippen LogP contribution in [0.5, 0.6) is 0 Å². The minimum absolute atomic E-state index is 0.577. The summed E-state index contributed by atoms with van der Waals surface area (Å²) in [5.41, 5.74) is 2.10. The van der Waals surface area contributed by atoms with Gasteiger partial charge in [-0.25, -0.2) is 0 Å². The highest BCUT2D eigenvalue weighted by Crippen LogP contribution is 2.50. The first kappa shape index (κ1) is 10.8. The Labute approximate surface area is 106 Å². The van der Waals surface area contributed by atoms with Crippen LogP contribution in [0.25, 0.3) is 0 Å². The molecule has 2 aliphatic rings. The van der Waals surface area contributed by atoms with Crippen LogP contribution in [0.15, 0.2) is 28.7 Å². The normalized spacial score (nSPS) is 27.7. The van der Waals surface area contributed by atoms with Gasteiger partial charge in [0, 0.05) is 23.5 Å². The molecule has 1 aromatic carbocycles. The fourth-order valence-corrected chi connectivity index (χ4v) is 3.84. The zero-order valence-electron chi connectivity index (χ0n) is 9.51. The van der Waals surface area contributed by atoms with Crippen molar-refractivity contribution in [1.82, 2.24) is 5.32 Å². The van der Waals surface area contributed by atoms with Gasteiger partial charge in [0.25, 0.3) is 0 Å². The van der Waals surface area contributed by atoms with Gasteiger partial charge >= 0.3 is 0 Å². The average Bonchev–Trinajstić information content (AvgIpc) is 2.91. The van der Waals surface area contributed by atoms with Gasteiger partial charge in [0.15, 0.2) is 0 Å². The second-order valence-electron chi connectivity index (χ2n) is 5.30. The number of hydrogen-bond acceptors (Lipinski definition) is 1. The molecule has 0 aromatic heterocycles. The number of hydrogen-bond donors (Lipinski definition) is 1. The Kier molecular flexibility index (Phi) is 2.80. The summed E-state index contributed by atoms with van der Waals surface area (Å²) in [5.74, 6) is 0.739. The molecule has 1 heterocycles. The molecule has 86 valence electrons. The molecule has 1 aliphatic carbocycles. The van der Waals surface area contributed by atoms with Crippen LogP contribution in [-0.2, 0) is 0 Å². The summed E-state index contributed by atoms with van der Waals surface area (Å²) in [4.78, 5) is 0. The summed E-state index contributed by atoms with van der Waals surface area (Å²) in [6.45, 7) is 2.40. The topological polar surface area (TPSA) is 12.0 Å². The van der Waals surface area contributed by atoms with Crippen molar-refractivity contribution >= 4 is 15.9 Å². The van der Waals surface area contributed by atoms with Crippen molar-refractivity contribution < 1.29 is 0 Å². The van der Waals surface area contributed by atoms with Crippen molar-refractivity contribution in [3.63, 3.8) is 0 Å². The van der Waals surface area contributed by atoms with Crippen LogP contribution in [-0.4, -0.2) is 13.1 Å². The molecule has 3 rings (SSSR count). The minimum atomic E-state index is 0.577. The van der Waals surface area contributed by atoms with Crippen LogP contribution in [0.4, 0.5) is 0 Å². The van der Waals surface area contributed by atoms with Crippen molar-refractivity contribution in [3.05, 3.63) is 34.3 Å². The fraction of sp³-hybridized carbons (Fsp3) is 0.571. The molecule has 1 atom stereocenters. The van der Waals surface area contributed by atoms with Gasteiger partial charge < -0.3 is 5.32 Å². The van der Waals surface area contributed by atoms with E-state index < -0.39 is 0 Å². The number of nitrogens with one attached hydrogen (secondary N) is 1. The second-order valence-corrected chi connectivity index (χ2v) is 6.22. The van der Waals surface area contributed by atoms with E-state index in [-0.39, 0.29) is 0 Å². The van der Waals surface area contributed by atoms with Crippen molar-refractivity contribution in [2.75, 3.05) is 13.1 Å². The van der Waals surface area contributed by atoms with Crippen LogP contribution in [0.3, 0.4) is 0 Å². The van der Waals surface area contributed by atoms with Crippen LogP contribution in [0.2, 0.25) is 0 Å². The summed E-state index contributed by atoms with van der Waals surface area (Å²) >= 11 is 3.51. The summed E-state index contributed by atoms with van der Waals surface area (Å²) in [7, 11) is 0. The molecule has 2 fully saturated rings. The molecule has 1 aromatic rings. The van der Waals surface area contributed by atoms with E-state index in [1.807, 2.05) is 0 Å².